The van der Waals surface area contributed by atoms with E-state index in [1.54, 1.807) is 0 Å². The first-order chi connectivity index (χ1) is 6.52. The van der Waals surface area contributed by atoms with Crippen LogP contribution in [0.5, 0.6) is 0 Å². The van der Waals surface area contributed by atoms with Crippen LogP contribution in [-0.4, -0.2) is 19.5 Å². The molecule has 4 nitrogen and oxygen atoms in total. The first-order valence-corrected chi connectivity index (χ1v) is 4.99. The van der Waals surface area contributed by atoms with Gasteiger partial charge in [-0.05, 0) is 12.3 Å². The Kier molecular flexibility index (Phi) is 6.19. The van der Waals surface area contributed by atoms with E-state index in [2.05, 4.69) is 26.0 Å². The van der Waals surface area contributed by atoms with Gasteiger partial charge in [-0.3, -0.25) is 4.79 Å². The zero-order chi connectivity index (χ0) is 11.1. The number of halogens is 1. The standard InChI is InChI=1S/C9H14BrNO3/c1-6(2)4-7(10)8(11-5-12)9(13)14-3/h5-6H,4H2,1-3H3,(H,11,12)/b8-7-. The Morgan fingerprint density at radius 3 is 2.50 bits per heavy atom. The molecule has 0 heterocycles. The number of methoxy groups -OCH3 is 1. The van der Waals surface area contributed by atoms with E-state index in [1.165, 1.54) is 7.11 Å². The third kappa shape index (κ3) is 4.41. The predicted octanol–water partition coefficient (Wildman–Crippen LogP) is 1.56. The first kappa shape index (κ1) is 13.2. The SMILES string of the molecule is COC(=O)/C(NC=O)=C(/Br)CC(C)C. The van der Waals surface area contributed by atoms with Crippen LogP contribution < -0.4 is 5.32 Å². The average Bonchev–Trinajstić information content (AvgIpc) is 2.11. The largest absolute Gasteiger partial charge is 0.464 e. The molecule has 0 radical (unpaired) electrons. The van der Waals surface area contributed by atoms with E-state index in [0.717, 1.165) is 0 Å². The predicted molar refractivity (Wildman–Crippen MR) is 56.6 cm³/mol. The van der Waals surface area contributed by atoms with E-state index in [4.69, 9.17) is 0 Å². The van der Waals surface area contributed by atoms with Gasteiger partial charge in [-0.15, -0.1) is 0 Å². The summed E-state index contributed by atoms with van der Waals surface area (Å²) in [7, 11) is 1.27. The van der Waals surface area contributed by atoms with Crippen molar-refractivity contribution in [3.8, 4) is 0 Å². The lowest BCUT2D eigenvalue weighted by Crippen LogP contribution is -2.21. The van der Waals surface area contributed by atoms with Crippen LogP contribution in [0.2, 0.25) is 0 Å². The summed E-state index contributed by atoms with van der Waals surface area (Å²) in [6.45, 7) is 4.02. The highest BCUT2D eigenvalue weighted by molar-refractivity contribution is 9.11. The molecule has 5 heteroatoms. The van der Waals surface area contributed by atoms with Crippen LogP contribution in [0.15, 0.2) is 10.2 Å². The number of amides is 1. The molecule has 0 aliphatic carbocycles. The molecule has 0 aliphatic heterocycles. The molecule has 0 aromatic rings. The minimum Gasteiger partial charge on any atom is -0.464 e. The van der Waals surface area contributed by atoms with Crippen LogP contribution in [0, 0.1) is 5.92 Å². The zero-order valence-electron chi connectivity index (χ0n) is 8.46. The Morgan fingerprint density at radius 1 is 1.57 bits per heavy atom. The Labute approximate surface area is 91.8 Å². The van der Waals surface area contributed by atoms with Gasteiger partial charge >= 0.3 is 5.97 Å². The van der Waals surface area contributed by atoms with Gasteiger partial charge in [-0.1, -0.05) is 29.8 Å². The maximum absolute atomic E-state index is 11.2. The molecule has 0 saturated carbocycles. The van der Waals surface area contributed by atoms with Gasteiger partial charge in [0.2, 0.25) is 6.41 Å². The highest BCUT2D eigenvalue weighted by Crippen LogP contribution is 2.20. The number of nitrogens with one attached hydrogen (secondary N) is 1. The molecule has 0 aliphatic rings. The Morgan fingerprint density at radius 2 is 2.14 bits per heavy atom. The fourth-order valence-electron chi connectivity index (χ4n) is 0.869. The van der Waals surface area contributed by atoms with Crippen molar-refractivity contribution in [1.82, 2.24) is 5.32 Å². The summed E-state index contributed by atoms with van der Waals surface area (Å²) < 4.78 is 5.16. The number of hydrogen-bond donors (Lipinski definition) is 1. The molecule has 0 unspecified atom stereocenters. The zero-order valence-corrected chi connectivity index (χ0v) is 10.1. The second-order valence-corrected chi connectivity index (χ2v) is 4.09. The van der Waals surface area contributed by atoms with Crippen molar-refractivity contribution in [3.05, 3.63) is 10.2 Å². The lowest BCUT2D eigenvalue weighted by atomic mass is 10.1. The van der Waals surface area contributed by atoms with Crippen molar-refractivity contribution in [2.75, 3.05) is 7.11 Å². The summed E-state index contributed by atoms with van der Waals surface area (Å²) in [5.41, 5.74) is 0.163. The smallest absolute Gasteiger partial charge is 0.355 e. The number of ether oxygens (including phenoxy) is 1. The van der Waals surface area contributed by atoms with Crippen LogP contribution in [0.3, 0.4) is 0 Å². The molecule has 80 valence electrons. The van der Waals surface area contributed by atoms with Gasteiger partial charge in [-0.25, -0.2) is 4.79 Å². The summed E-state index contributed by atoms with van der Waals surface area (Å²) in [6, 6.07) is 0. The van der Waals surface area contributed by atoms with Crippen LogP contribution in [0.25, 0.3) is 0 Å². The Bertz CT molecular complexity index is 248. The highest BCUT2D eigenvalue weighted by atomic mass is 79.9. The monoisotopic (exact) mass is 263 g/mol. The number of hydrogen-bond acceptors (Lipinski definition) is 3. The third-order valence-corrected chi connectivity index (χ3v) is 2.17. The Balaban J connectivity index is 4.74. The third-order valence-electron chi connectivity index (χ3n) is 1.45. The second kappa shape index (κ2) is 6.59. The highest BCUT2D eigenvalue weighted by Gasteiger charge is 2.14. The van der Waals surface area contributed by atoms with Crippen molar-refractivity contribution in [2.45, 2.75) is 20.3 Å². The van der Waals surface area contributed by atoms with E-state index in [-0.39, 0.29) is 5.70 Å². The minimum absolute atomic E-state index is 0.163. The lowest BCUT2D eigenvalue weighted by Gasteiger charge is -2.09. The lowest BCUT2D eigenvalue weighted by molar-refractivity contribution is -0.137. The van der Waals surface area contributed by atoms with Crippen molar-refractivity contribution in [2.24, 2.45) is 5.92 Å². The number of allylic oxidation sites excluding steroid dienone is 1. The minimum atomic E-state index is -0.551. The molecule has 1 amide bonds. The van der Waals surface area contributed by atoms with Crippen LogP contribution in [0.1, 0.15) is 20.3 Å². The molecule has 1 N–H and O–H groups in total. The quantitative estimate of drug-likeness (QED) is 0.465. The van der Waals surface area contributed by atoms with Crippen LogP contribution in [0.4, 0.5) is 0 Å². The van der Waals surface area contributed by atoms with Crippen molar-refractivity contribution in [3.63, 3.8) is 0 Å². The molecule has 0 aromatic carbocycles. The summed E-state index contributed by atoms with van der Waals surface area (Å²) in [5, 5.41) is 2.32. The van der Waals surface area contributed by atoms with Crippen molar-refractivity contribution < 1.29 is 14.3 Å². The maximum Gasteiger partial charge on any atom is 0.355 e. The maximum atomic E-state index is 11.2. The van der Waals surface area contributed by atoms with Crippen molar-refractivity contribution in [1.29, 1.82) is 0 Å². The summed E-state index contributed by atoms with van der Waals surface area (Å²) in [4.78, 5) is 21.4. The molecule has 0 atom stereocenters. The fraction of sp³-hybridized carbons (Fsp3) is 0.556. The fourth-order valence-corrected chi connectivity index (χ4v) is 1.79. The molecule has 0 fully saturated rings. The molecule has 0 saturated heterocycles. The van der Waals surface area contributed by atoms with Gasteiger partial charge in [-0.2, -0.15) is 0 Å². The van der Waals surface area contributed by atoms with E-state index in [1.807, 2.05) is 13.8 Å². The summed E-state index contributed by atoms with van der Waals surface area (Å²) >= 11 is 3.24. The molecule has 0 aromatic heterocycles. The summed E-state index contributed by atoms with van der Waals surface area (Å²) in [5.74, 6) is -0.165. The van der Waals surface area contributed by atoms with Crippen molar-refractivity contribution >= 4 is 28.3 Å². The normalized spacial score (nSPS) is 12.1. The molecule has 0 spiro atoms. The van der Waals surface area contributed by atoms with Gasteiger partial charge in [0.05, 0.1) is 7.11 Å². The van der Waals surface area contributed by atoms with E-state index in [0.29, 0.717) is 23.2 Å². The molecular weight excluding hydrogens is 250 g/mol. The topological polar surface area (TPSA) is 55.4 Å². The first-order valence-electron chi connectivity index (χ1n) is 4.20. The second-order valence-electron chi connectivity index (χ2n) is 3.13. The van der Waals surface area contributed by atoms with Gasteiger partial charge in [0, 0.05) is 4.48 Å². The summed E-state index contributed by atoms with van der Waals surface area (Å²) in [6.07, 6.45) is 1.12. The number of carbonyl (C=O) groups excluding carboxylic acids is 2. The van der Waals surface area contributed by atoms with Gasteiger partial charge < -0.3 is 10.1 Å². The van der Waals surface area contributed by atoms with E-state index < -0.39 is 5.97 Å². The average molecular weight is 264 g/mol. The van der Waals surface area contributed by atoms with Gasteiger partial charge in [0.25, 0.3) is 0 Å². The van der Waals surface area contributed by atoms with Crippen LogP contribution >= 0.6 is 15.9 Å². The number of rotatable bonds is 5. The van der Waals surface area contributed by atoms with Gasteiger partial charge in [0.15, 0.2) is 0 Å². The molecule has 0 rings (SSSR count). The molecular formula is C9H14BrNO3. The Hall–Kier alpha value is -0.840. The number of esters is 1. The van der Waals surface area contributed by atoms with E-state index in [9.17, 15) is 9.59 Å². The molecule has 14 heavy (non-hydrogen) atoms. The molecule has 0 bridgehead atoms. The number of carbonyl (C=O) groups is 2. The van der Waals surface area contributed by atoms with E-state index >= 15 is 0 Å². The van der Waals surface area contributed by atoms with Gasteiger partial charge in [0.1, 0.15) is 5.70 Å². The van der Waals surface area contributed by atoms with Crippen LogP contribution in [-0.2, 0) is 14.3 Å².